The van der Waals surface area contributed by atoms with Gasteiger partial charge in [-0.2, -0.15) is 0 Å². The summed E-state index contributed by atoms with van der Waals surface area (Å²) in [5, 5.41) is 0. The Labute approximate surface area is 209 Å². The highest BCUT2D eigenvalue weighted by molar-refractivity contribution is 5.90. The van der Waals surface area contributed by atoms with Gasteiger partial charge >= 0.3 is 11.9 Å². The summed E-state index contributed by atoms with van der Waals surface area (Å²) >= 11 is 0. The highest BCUT2D eigenvalue weighted by Gasteiger charge is 2.61. The second-order valence-electron chi connectivity index (χ2n) is 11.5. The molecule has 186 valence electrons. The summed E-state index contributed by atoms with van der Waals surface area (Å²) in [4.78, 5) is 26.3. The Hall–Kier alpha value is -2.62. The molecule has 0 saturated heterocycles. The molecule has 0 aromatic heterocycles. The molecule has 0 N–H and O–H groups in total. The second kappa shape index (κ2) is 9.79. The lowest BCUT2D eigenvalue weighted by Gasteiger charge is -2.42. The molecule has 6 atom stereocenters. The molecule has 0 radical (unpaired) electrons. The summed E-state index contributed by atoms with van der Waals surface area (Å²) in [7, 11) is 0. The smallest absolute Gasteiger partial charge is 0.338 e. The van der Waals surface area contributed by atoms with E-state index < -0.39 is 0 Å². The number of carbonyl (C=O) groups is 2. The van der Waals surface area contributed by atoms with Gasteiger partial charge in [0.15, 0.2) is 0 Å². The van der Waals surface area contributed by atoms with Gasteiger partial charge in [0.2, 0.25) is 0 Å². The van der Waals surface area contributed by atoms with Crippen LogP contribution in [-0.2, 0) is 9.47 Å². The van der Waals surface area contributed by atoms with Crippen molar-refractivity contribution in [3.05, 3.63) is 70.8 Å². The Morgan fingerprint density at radius 3 is 1.34 bits per heavy atom. The van der Waals surface area contributed by atoms with Crippen molar-refractivity contribution >= 4 is 11.9 Å². The average molecular weight is 475 g/mol. The van der Waals surface area contributed by atoms with E-state index >= 15 is 0 Å². The van der Waals surface area contributed by atoms with Crippen LogP contribution in [0.15, 0.2) is 48.5 Å². The van der Waals surface area contributed by atoms with Crippen molar-refractivity contribution in [1.29, 1.82) is 0 Å². The molecule has 3 fully saturated rings. The number of rotatable bonds is 6. The molecule has 0 heterocycles. The van der Waals surface area contributed by atoms with Gasteiger partial charge in [0.1, 0.15) is 12.2 Å². The summed E-state index contributed by atoms with van der Waals surface area (Å²) in [5.41, 5.74) is 3.52. The molecule has 4 nitrogen and oxygen atoms in total. The molecule has 0 aliphatic heterocycles. The zero-order valence-corrected chi connectivity index (χ0v) is 21.4. The first kappa shape index (κ1) is 24.1. The lowest BCUT2D eigenvalue weighted by Crippen LogP contribution is -2.47. The lowest BCUT2D eigenvalue weighted by atomic mass is 9.69. The minimum absolute atomic E-state index is 0.283. The molecule has 3 saturated carbocycles. The lowest BCUT2D eigenvalue weighted by molar-refractivity contribution is -0.0872. The van der Waals surface area contributed by atoms with Crippen LogP contribution in [-0.4, -0.2) is 24.1 Å². The Morgan fingerprint density at radius 1 is 0.629 bits per heavy atom. The van der Waals surface area contributed by atoms with E-state index in [1.165, 1.54) is 36.8 Å². The van der Waals surface area contributed by atoms with Gasteiger partial charge in [-0.1, -0.05) is 64.8 Å². The van der Waals surface area contributed by atoms with Crippen LogP contribution in [0, 0.1) is 23.7 Å². The minimum atomic E-state index is -0.365. The average Bonchev–Trinajstić information content (AvgIpc) is 3.41. The zero-order valence-electron chi connectivity index (χ0n) is 21.4. The molecule has 6 unspecified atom stereocenters. The Kier molecular flexibility index (Phi) is 6.74. The molecule has 2 aromatic rings. The maximum absolute atomic E-state index is 13.2. The standard InChI is InChI=1S/C31H38O4/c1-18(2)20-9-13-22(14-10-20)30(32)34-28-26-17-27(25-8-6-5-7-24(25)26)29(28)35-31(33)23-15-11-21(12-16-23)19(3)4/h9-16,18-19,24-29H,5-8,17H2,1-4H3. The number of esters is 2. The molecule has 2 aromatic carbocycles. The van der Waals surface area contributed by atoms with E-state index in [4.69, 9.17) is 9.47 Å². The largest absolute Gasteiger partial charge is 0.455 e. The Balaban J connectivity index is 1.35. The topological polar surface area (TPSA) is 52.6 Å². The van der Waals surface area contributed by atoms with E-state index in [1.54, 1.807) is 0 Å². The molecule has 5 rings (SSSR count). The van der Waals surface area contributed by atoms with Gasteiger partial charge in [0.25, 0.3) is 0 Å². The van der Waals surface area contributed by atoms with Gasteiger partial charge in [-0.05, 0) is 78.3 Å². The third-order valence-corrected chi connectivity index (χ3v) is 8.80. The summed E-state index contributed by atoms with van der Waals surface area (Å²) in [5.74, 6) is 1.92. The normalized spacial score (nSPS) is 29.3. The number of hydrogen-bond acceptors (Lipinski definition) is 4. The third-order valence-electron chi connectivity index (χ3n) is 8.80. The van der Waals surface area contributed by atoms with E-state index in [2.05, 4.69) is 27.7 Å². The highest BCUT2D eigenvalue weighted by Crippen LogP contribution is 2.59. The van der Waals surface area contributed by atoms with Crippen LogP contribution < -0.4 is 0 Å². The maximum Gasteiger partial charge on any atom is 0.338 e. The van der Waals surface area contributed by atoms with Crippen molar-refractivity contribution in [1.82, 2.24) is 0 Å². The molecule has 0 amide bonds. The summed E-state index contributed by atoms with van der Waals surface area (Å²) < 4.78 is 12.3. The number of ether oxygens (including phenoxy) is 2. The van der Waals surface area contributed by atoms with Crippen LogP contribution in [0.2, 0.25) is 0 Å². The van der Waals surface area contributed by atoms with Gasteiger partial charge in [0, 0.05) is 11.8 Å². The van der Waals surface area contributed by atoms with Crippen LogP contribution in [0.5, 0.6) is 0 Å². The SMILES string of the molecule is CC(C)c1ccc(C(=O)OC2C3CC(C4CCCCC43)C2OC(=O)c2ccc(C(C)C)cc2)cc1. The van der Waals surface area contributed by atoms with Crippen LogP contribution in [0.4, 0.5) is 0 Å². The molecular formula is C31H38O4. The molecular weight excluding hydrogens is 436 g/mol. The summed E-state index contributed by atoms with van der Waals surface area (Å²) in [6.07, 6.45) is 5.14. The fraction of sp³-hybridized carbons (Fsp3) is 0.548. The van der Waals surface area contributed by atoms with Crippen molar-refractivity contribution in [2.24, 2.45) is 23.7 Å². The van der Waals surface area contributed by atoms with Crippen molar-refractivity contribution in [2.75, 3.05) is 0 Å². The van der Waals surface area contributed by atoms with Gasteiger partial charge < -0.3 is 9.47 Å². The van der Waals surface area contributed by atoms with E-state index in [0.717, 1.165) is 6.42 Å². The Morgan fingerprint density at radius 2 is 1.00 bits per heavy atom. The van der Waals surface area contributed by atoms with Gasteiger partial charge in [-0.15, -0.1) is 0 Å². The Bertz CT molecular complexity index is 967. The maximum atomic E-state index is 13.2. The summed E-state index contributed by atoms with van der Waals surface area (Å²) in [6.45, 7) is 8.55. The second-order valence-corrected chi connectivity index (χ2v) is 11.5. The minimum Gasteiger partial charge on any atom is -0.455 e. The fourth-order valence-electron chi connectivity index (χ4n) is 6.86. The predicted octanol–water partition coefficient (Wildman–Crippen LogP) is 7.14. The van der Waals surface area contributed by atoms with E-state index in [0.29, 0.717) is 34.8 Å². The molecule has 0 spiro atoms. The monoisotopic (exact) mass is 474 g/mol. The van der Waals surface area contributed by atoms with Gasteiger partial charge in [-0.3, -0.25) is 0 Å². The van der Waals surface area contributed by atoms with Crippen LogP contribution in [0.25, 0.3) is 0 Å². The number of fused-ring (bicyclic) bond motifs is 5. The first-order chi connectivity index (χ1) is 16.8. The molecule has 4 heteroatoms. The molecule has 35 heavy (non-hydrogen) atoms. The third kappa shape index (κ3) is 4.64. The van der Waals surface area contributed by atoms with Crippen LogP contribution in [0.3, 0.4) is 0 Å². The number of hydrogen-bond donors (Lipinski definition) is 0. The van der Waals surface area contributed by atoms with Crippen molar-refractivity contribution in [3.63, 3.8) is 0 Å². The zero-order chi connectivity index (χ0) is 24.7. The van der Waals surface area contributed by atoms with Crippen molar-refractivity contribution in [3.8, 4) is 0 Å². The van der Waals surface area contributed by atoms with Gasteiger partial charge in [0.05, 0.1) is 11.1 Å². The van der Waals surface area contributed by atoms with E-state index in [1.807, 2.05) is 48.5 Å². The number of benzene rings is 2. The molecule has 3 aliphatic rings. The highest BCUT2D eigenvalue weighted by atomic mass is 16.6. The quantitative estimate of drug-likeness (QED) is 0.418. The fourth-order valence-corrected chi connectivity index (χ4v) is 6.86. The molecule has 2 bridgehead atoms. The van der Waals surface area contributed by atoms with Crippen molar-refractivity contribution < 1.29 is 19.1 Å². The van der Waals surface area contributed by atoms with Crippen molar-refractivity contribution in [2.45, 2.75) is 83.8 Å². The molecule has 3 aliphatic carbocycles. The first-order valence-electron chi connectivity index (χ1n) is 13.5. The number of carbonyl (C=O) groups excluding carboxylic acids is 2. The van der Waals surface area contributed by atoms with Crippen LogP contribution in [0.1, 0.15) is 103 Å². The predicted molar refractivity (Wildman–Crippen MR) is 137 cm³/mol. The van der Waals surface area contributed by atoms with Crippen LogP contribution >= 0.6 is 0 Å². The first-order valence-corrected chi connectivity index (χ1v) is 13.5. The van der Waals surface area contributed by atoms with E-state index in [-0.39, 0.29) is 36.0 Å². The van der Waals surface area contributed by atoms with E-state index in [9.17, 15) is 9.59 Å². The van der Waals surface area contributed by atoms with Gasteiger partial charge in [-0.25, -0.2) is 9.59 Å². The summed E-state index contributed by atoms with van der Waals surface area (Å²) in [6, 6.07) is 15.4.